The van der Waals surface area contributed by atoms with E-state index in [4.69, 9.17) is 27.9 Å². The molecule has 6 heteroatoms. The molecule has 0 spiro atoms. The van der Waals surface area contributed by atoms with Crippen LogP contribution in [0.3, 0.4) is 0 Å². The Hall–Kier alpha value is -0.290. The van der Waals surface area contributed by atoms with Crippen molar-refractivity contribution in [3.8, 4) is 0 Å². The minimum Gasteiger partial charge on any atom is -0.384 e. The SMILES string of the molecule is COCC(Br)CCNC(=O)c1cc(Cl)ccc1Cl. The van der Waals surface area contributed by atoms with Crippen LogP contribution in [0, 0.1) is 0 Å². The summed E-state index contributed by atoms with van der Waals surface area (Å²) in [4.78, 5) is 12.1. The first-order valence-electron chi connectivity index (χ1n) is 5.41. The standard InChI is InChI=1S/C12H14BrCl2NO2/c1-18-7-8(13)4-5-16-12(17)10-6-9(14)2-3-11(10)15/h2-3,6,8H,4-5,7H2,1H3,(H,16,17). The second kappa shape index (κ2) is 8.00. The van der Waals surface area contributed by atoms with Gasteiger partial charge in [-0.3, -0.25) is 4.79 Å². The average molecular weight is 355 g/mol. The minimum absolute atomic E-state index is 0.220. The van der Waals surface area contributed by atoms with Gasteiger partial charge >= 0.3 is 0 Å². The summed E-state index contributed by atoms with van der Waals surface area (Å²) in [5.74, 6) is -0.223. The summed E-state index contributed by atoms with van der Waals surface area (Å²) in [6.45, 7) is 1.15. The van der Waals surface area contributed by atoms with E-state index in [1.807, 2.05) is 0 Å². The van der Waals surface area contributed by atoms with E-state index in [0.29, 0.717) is 28.8 Å². The van der Waals surface area contributed by atoms with Crippen LogP contribution in [0.5, 0.6) is 0 Å². The number of carbonyl (C=O) groups is 1. The van der Waals surface area contributed by atoms with E-state index in [2.05, 4.69) is 21.2 Å². The summed E-state index contributed by atoms with van der Waals surface area (Å²) in [7, 11) is 1.64. The van der Waals surface area contributed by atoms with Gasteiger partial charge in [0.2, 0.25) is 0 Å². The van der Waals surface area contributed by atoms with Gasteiger partial charge in [-0.2, -0.15) is 0 Å². The number of amides is 1. The van der Waals surface area contributed by atoms with Crippen molar-refractivity contribution in [1.29, 1.82) is 0 Å². The molecule has 1 aromatic rings. The van der Waals surface area contributed by atoms with Gasteiger partial charge in [0, 0.05) is 23.5 Å². The molecule has 0 bridgehead atoms. The molecule has 0 aliphatic carbocycles. The third kappa shape index (κ3) is 5.14. The van der Waals surface area contributed by atoms with E-state index in [-0.39, 0.29) is 10.7 Å². The number of methoxy groups -OCH3 is 1. The van der Waals surface area contributed by atoms with Gasteiger partial charge in [0.05, 0.1) is 17.2 Å². The van der Waals surface area contributed by atoms with Crippen LogP contribution < -0.4 is 5.32 Å². The molecular formula is C12H14BrCl2NO2. The monoisotopic (exact) mass is 353 g/mol. The normalized spacial score (nSPS) is 12.2. The highest BCUT2D eigenvalue weighted by molar-refractivity contribution is 9.09. The Bertz CT molecular complexity index is 415. The van der Waals surface area contributed by atoms with Crippen molar-refractivity contribution < 1.29 is 9.53 Å². The van der Waals surface area contributed by atoms with Crippen molar-refractivity contribution in [2.45, 2.75) is 11.2 Å². The Morgan fingerprint density at radius 1 is 1.50 bits per heavy atom. The fourth-order valence-electron chi connectivity index (χ4n) is 1.37. The van der Waals surface area contributed by atoms with Crippen LogP contribution in [0.2, 0.25) is 10.0 Å². The maximum absolute atomic E-state index is 11.9. The van der Waals surface area contributed by atoms with Crippen LogP contribution in [-0.4, -0.2) is 31.0 Å². The first kappa shape index (κ1) is 15.8. The molecule has 1 amide bonds. The van der Waals surface area contributed by atoms with Gasteiger partial charge in [-0.25, -0.2) is 0 Å². The Morgan fingerprint density at radius 3 is 2.89 bits per heavy atom. The molecule has 1 aromatic carbocycles. The largest absolute Gasteiger partial charge is 0.384 e. The van der Waals surface area contributed by atoms with E-state index >= 15 is 0 Å². The van der Waals surface area contributed by atoms with Crippen molar-refractivity contribution >= 4 is 45.0 Å². The third-order valence-corrected chi connectivity index (χ3v) is 3.55. The van der Waals surface area contributed by atoms with Gasteiger partial charge < -0.3 is 10.1 Å². The predicted octanol–water partition coefficient (Wildman–Crippen LogP) is 3.52. The Kier molecular flexibility index (Phi) is 7.00. The molecule has 1 unspecified atom stereocenters. The first-order chi connectivity index (χ1) is 8.54. The summed E-state index contributed by atoms with van der Waals surface area (Å²) in [6.07, 6.45) is 0.776. The van der Waals surface area contributed by atoms with E-state index in [1.54, 1.807) is 25.3 Å². The molecule has 0 radical (unpaired) electrons. The summed E-state index contributed by atoms with van der Waals surface area (Å²) < 4.78 is 4.98. The van der Waals surface area contributed by atoms with Gasteiger partial charge in [0.15, 0.2) is 0 Å². The number of nitrogens with one attached hydrogen (secondary N) is 1. The summed E-state index contributed by atoms with van der Waals surface area (Å²) in [5.41, 5.74) is 0.391. The predicted molar refractivity (Wildman–Crippen MR) is 78.0 cm³/mol. The lowest BCUT2D eigenvalue weighted by Crippen LogP contribution is -2.27. The lowest BCUT2D eigenvalue weighted by molar-refractivity contribution is 0.0952. The molecule has 0 aliphatic heterocycles. The second-order valence-corrected chi connectivity index (χ2v) is 5.86. The van der Waals surface area contributed by atoms with Gasteiger partial charge in [-0.05, 0) is 24.6 Å². The molecule has 1 atom stereocenters. The van der Waals surface area contributed by atoms with Crippen LogP contribution in [0.15, 0.2) is 18.2 Å². The fraction of sp³-hybridized carbons (Fsp3) is 0.417. The highest BCUT2D eigenvalue weighted by atomic mass is 79.9. The molecular weight excluding hydrogens is 341 g/mol. The molecule has 100 valence electrons. The zero-order valence-electron chi connectivity index (χ0n) is 9.88. The van der Waals surface area contributed by atoms with Crippen molar-refractivity contribution in [1.82, 2.24) is 5.32 Å². The molecule has 3 nitrogen and oxygen atoms in total. The highest BCUT2D eigenvalue weighted by Crippen LogP contribution is 2.20. The van der Waals surface area contributed by atoms with Crippen LogP contribution in [-0.2, 0) is 4.74 Å². The lowest BCUT2D eigenvalue weighted by Gasteiger charge is -2.10. The Balaban J connectivity index is 2.48. The second-order valence-electron chi connectivity index (χ2n) is 3.72. The smallest absolute Gasteiger partial charge is 0.252 e. The molecule has 0 saturated heterocycles. The van der Waals surface area contributed by atoms with Gasteiger partial charge in [-0.15, -0.1) is 0 Å². The summed E-state index contributed by atoms with van der Waals surface area (Å²) in [6, 6.07) is 4.81. The maximum atomic E-state index is 11.9. The number of hydrogen-bond donors (Lipinski definition) is 1. The Morgan fingerprint density at radius 2 is 2.22 bits per heavy atom. The van der Waals surface area contributed by atoms with Crippen molar-refractivity contribution in [3.05, 3.63) is 33.8 Å². The summed E-state index contributed by atoms with van der Waals surface area (Å²) in [5, 5.41) is 3.67. The fourth-order valence-corrected chi connectivity index (χ4v) is 2.24. The molecule has 0 fully saturated rings. The number of hydrogen-bond acceptors (Lipinski definition) is 2. The summed E-state index contributed by atoms with van der Waals surface area (Å²) >= 11 is 15.2. The first-order valence-corrected chi connectivity index (χ1v) is 7.08. The van der Waals surface area contributed by atoms with Crippen molar-refractivity contribution in [3.63, 3.8) is 0 Å². The van der Waals surface area contributed by atoms with Gasteiger partial charge in [0.1, 0.15) is 0 Å². The molecule has 0 aliphatic rings. The molecule has 0 heterocycles. The zero-order valence-corrected chi connectivity index (χ0v) is 13.0. The lowest BCUT2D eigenvalue weighted by atomic mass is 10.2. The van der Waals surface area contributed by atoms with Crippen LogP contribution in [0.4, 0.5) is 0 Å². The molecule has 18 heavy (non-hydrogen) atoms. The number of rotatable bonds is 6. The number of ether oxygens (including phenoxy) is 1. The quantitative estimate of drug-likeness (QED) is 0.793. The highest BCUT2D eigenvalue weighted by Gasteiger charge is 2.11. The third-order valence-electron chi connectivity index (χ3n) is 2.26. The van der Waals surface area contributed by atoms with Crippen molar-refractivity contribution in [2.75, 3.05) is 20.3 Å². The number of alkyl halides is 1. The van der Waals surface area contributed by atoms with Crippen LogP contribution >= 0.6 is 39.1 Å². The molecule has 0 saturated carbocycles. The molecule has 0 aromatic heterocycles. The molecule has 1 rings (SSSR count). The van der Waals surface area contributed by atoms with E-state index in [1.165, 1.54) is 0 Å². The van der Waals surface area contributed by atoms with E-state index in [9.17, 15) is 4.79 Å². The zero-order chi connectivity index (χ0) is 13.5. The topological polar surface area (TPSA) is 38.3 Å². The number of halogens is 3. The van der Waals surface area contributed by atoms with Crippen LogP contribution in [0.25, 0.3) is 0 Å². The minimum atomic E-state index is -0.223. The Labute approximate surface area is 125 Å². The number of benzene rings is 1. The van der Waals surface area contributed by atoms with E-state index < -0.39 is 0 Å². The molecule has 1 N–H and O–H groups in total. The average Bonchev–Trinajstić information content (AvgIpc) is 2.32. The number of carbonyl (C=O) groups excluding carboxylic acids is 1. The van der Waals surface area contributed by atoms with Gasteiger partial charge in [0.25, 0.3) is 5.91 Å². The van der Waals surface area contributed by atoms with Crippen LogP contribution in [0.1, 0.15) is 16.8 Å². The maximum Gasteiger partial charge on any atom is 0.252 e. The van der Waals surface area contributed by atoms with Gasteiger partial charge in [-0.1, -0.05) is 39.1 Å². The van der Waals surface area contributed by atoms with E-state index in [0.717, 1.165) is 6.42 Å². The van der Waals surface area contributed by atoms with Crippen molar-refractivity contribution in [2.24, 2.45) is 0 Å².